The number of allylic oxidation sites excluding steroid dienone is 1. The van der Waals surface area contributed by atoms with Crippen LogP contribution in [0.5, 0.6) is 0 Å². The van der Waals surface area contributed by atoms with Gasteiger partial charge in [-0.3, -0.25) is 0 Å². The molecule has 0 aliphatic heterocycles. The summed E-state index contributed by atoms with van der Waals surface area (Å²) < 4.78 is 2.19. The summed E-state index contributed by atoms with van der Waals surface area (Å²) in [4.78, 5) is 7.96. The van der Waals surface area contributed by atoms with Crippen LogP contribution >= 0.6 is 11.6 Å². The number of fused-ring (bicyclic) bond motifs is 1. The Labute approximate surface area is 140 Å². The number of nitrogens with one attached hydrogen (secondary N) is 2. The molecule has 1 fully saturated rings. The van der Waals surface area contributed by atoms with Crippen LogP contribution in [0.4, 0.5) is 0 Å². The van der Waals surface area contributed by atoms with Gasteiger partial charge < -0.3 is 14.9 Å². The number of halogens is 1. The van der Waals surface area contributed by atoms with Gasteiger partial charge in [0, 0.05) is 40.1 Å². The second-order valence-electron chi connectivity index (χ2n) is 6.29. The third-order valence-corrected chi connectivity index (χ3v) is 4.50. The monoisotopic (exact) mass is 326 g/mol. The van der Waals surface area contributed by atoms with E-state index in [1.165, 1.54) is 12.8 Å². The molecule has 1 aromatic carbocycles. The number of rotatable bonds is 5. The number of aromatic nitrogens is 3. The van der Waals surface area contributed by atoms with Gasteiger partial charge >= 0.3 is 0 Å². The van der Waals surface area contributed by atoms with Crippen LogP contribution in [0.15, 0.2) is 43.0 Å². The van der Waals surface area contributed by atoms with Gasteiger partial charge in [0.1, 0.15) is 0 Å². The Balaban J connectivity index is 1.68. The minimum Gasteiger partial charge on any atom is -0.383 e. The van der Waals surface area contributed by atoms with Crippen LogP contribution in [0.25, 0.3) is 22.2 Å². The quantitative estimate of drug-likeness (QED) is 0.717. The number of hydrogen-bond acceptors (Lipinski definition) is 2. The summed E-state index contributed by atoms with van der Waals surface area (Å²) in [6.07, 6.45) is 6.50. The molecule has 1 aliphatic rings. The minimum atomic E-state index is 0.629. The lowest BCUT2D eigenvalue weighted by atomic mass is 10.1. The van der Waals surface area contributed by atoms with Gasteiger partial charge in [-0.05, 0) is 38.0 Å². The molecule has 23 heavy (non-hydrogen) atoms. The van der Waals surface area contributed by atoms with Crippen molar-refractivity contribution in [1.82, 2.24) is 19.9 Å². The largest absolute Gasteiger partial charge is 0.383 e. The first kappa shape index (κ1) is 14.4. The average Bonchev–Trinajstić information content (AvgIpc) is 3.11. The Kier molecular flexibility index (Phi) is 3.42. The van der Waals surface area contributed by atoms with E-state index in [1.54, 1.807) is 0 Å². The van der Waals surface area contributed by atoms with Crippen molar-refractivity contribution < 1.29 is 0 Å². The lowest BCUT2D eigenvalue weighted by molar-refractivity contribution is 0.741. The van der Waals surface area contributed by atoms with Crippen molar-refractivity contribution in [3.05, 3.63) is 53.7 Å². The molecule has 4 nitrogen and oxygen atoms in total. The molecule has 0 unspecified atom stereocenters. The third-order valence-electron chi connectivity index (χ3n) is 4.19. The van der Waals surface area contributed by atoms with E-state index >= 15 is 0 Å². The number of H-pyrrole nitrogens is 1. The van der Waals surface area contributed by atoms with Crippen LogP contribution in [0.1, 0.15) is 31.5 Å². The van der Waals surface area contributed by atoms with Gasteiger partial charge in [0.25, 0.3) is 0 Å². The number of imidazole rings is 1. The van der Waals surface area contributed by atoms with E-state index in [-0.39, 0.29) is 0 Å². The molecular formula is C18H19ClN4. The first-order valence-electron chi connectivity index (χ1n) is 7.84. The van der Waals surface area contributed by atoms with Gasteiger partial charge in [0.05, 0.1) is 23.6 Å². The highest BCUT2D eigenvalue weighted by atomic mass is 35.5. The Hall–Kier alpha value is -2.20. The van der Waals surface area contributed by atoms with Crippen molar-refractivity contribution in [1.29, 1.82) is 0 Å². The molecule has 0 radical (unpaired) electrons. The van der Waals surface area contributed by atoms with E-state index in [2.05, 4.69) is 44.8 Å². The molecule has 1 saturated carbocycles. The molecule has 118 valence electrons. The van der Waals surface area contributed by atoms with E-state index < -0.39 is 0 Å². The topological polar surface area (TPSA) is 45.6 Å². The number of aromatic amines is 1. The van der Waals surface area contributed by atoms with Crippen molar-refractivity contribution in [2.45, 2.75) is 32.4 Å². The predicted molar refractivity (Wildman–Crippen MR) is 94.5 cm³/mol. The Morgan fingerprint density at radius 2 is 2.26 bits per heavy atom. The van der Waals surface area contributed by atoms with Crippen LogP contribution in [-0.4, -0.2) is 14.5 Å². The molecule has 0 amide bonds. The van der Waals surface area contributed by atoms with Gasteiger partial charge in [-0.1, -0.05) is 18.2 Å². The fraction of sp³-hybridized carbons (Fsp3) is 0.278. The highest BCUT2D eigenvalue weighted by Crippen LogP contribution is 2.37. The molecule has 0 saturated heterocycles. The highest BCUT2D eigenvalue weighted by molar-refractivity contribution is 6.34. The molecular weight excluding hydrogens is 308 g/mol. The summed E-state index contributed by atoms with van der Waals surface area (Å²) in [6.45, 7) is 6.54. The van der Waals surface area contributed by atoms with Crippen molar-refractivity contribution in [3.63, 3.8) is 0 Å². The maximum atomic E-state index is 6.49. The van der Waals surface area contributed by atoms with E-state index in [0.29, 0.717) is 6.04 Å². The SMILES string of the molecule is C=C(C)NCc1cc2cc(Cl)c(-c3cn(C4CC4)cn3)cc2[nH]1. The summed E-state index contributed by atoms with van der Waals surface area (Å²) in [7, 11) is 0. The van der Waals surface area contributed by atoms with Crippen molar-refractivity contribution >= 4 is 22.5 Å². The molecule has 0 spiro atoms. The number of benzene rings is 1. The van der Waals surface area contributed by atoms with Gasteiger partial charge in [-0.15, -0.1) is 0 Å². The molecule has 0 atom stereocenters. The standard InChI is InChI=1S/C18H19ClN4/c1-11(2)20-8-13-5-12-6-16(19)15(7-17(12)22-13)18-9-23(10-21-18)14-3-4-14/h5-7,9-10,14,20,22H,1,3-4,8H2,2H3. The minimum absolute atomic E-state index is 0.629. The lowest BCUT2D eigenvalue weighted by Gasteiger charge is -2.02. The van der Waals surface area contributed by atoms with E-state index in [9.17, 15) is 0 Å². The van der Waals surface area contributed by atoms with E-state index in [4.69, 9.17) is 11.6 Å². The van der Waals surface area contributed by atoms with Crippen molar-refractivity contribution in [2.75, 3.05) is 0 Å². The molecule has 2 N–H and O–H groups in total. The Bertz CT molecular complexity index is 886. The van der Waals surface area contributed by atoms with Crippen molar-refractivity contribution in [2.24, 2.45) is 0 Å². The lowest BCUT2D eigenvalue weighted by Crippen LogP contribution is -2.09. The van der Waals surface area contributed by atoms with E-state index in [1.807, 2.05) is 19.3 Å². The molecule has 3 aromatic rings. The zero-order valence-electron chi connectivity index (χ0n) is 13.1. The highest BCUT2D eigenvalue weighted by Gasteiger charge is 2.23. The fourth-order valence-electron chi connectivity index (χ4n) is 2.80. The van der Waals surface area contributed by atoms with Gasteiger partial charge in [0.2, 0.25) is 0 Å². The Morgan fingerprint density at radius 3 is 3.00 bits per heavy atom. The van der Waals surface area contributed by atoms with Gasteiger partial charge in [0.15, 0.2) is 0 Å². The zero-order chi connectivity index (χ0) is 16.0. The van der Waals surface area contributed by atoms with Crippen LogP contribution in [0.2, 0.25) is 5.02 Å². The zero-order valence-corrected chi connectivity index (χ0v) is 13.8. The molecule has 2 aromatic heterocycles. The predicted octanol–water partition coefficient (Wildman–Crippen LogP) is 4.64. The summed E-state index contributed by atoms with van der Waals surface area (Å²) >= 11 is 6.49. The average molecular weight is 327 g/mol. The fourth-order valence-corrected chi connectivity index (χ4v) is 3.07. The smallest absolute Gasteiger partial charge is 0.0956 e. The maximum absolute atomic E-state index is 6.49. The third kappa shape index (κ3) is 2.86. The Morgan fingerprint density at radius 1 is 1.43 bits per heavy atom. The van der Waals surface area contributed by atoms with Gasteiger partial charge in [-0.25, -0.2) is 4.98 Å². The molecule has 0 bridgehead atoms. The van der Waals surface area contributed by atoms with Crippen LogP contribution in [-0.2, 0) is 6.54 Å². The summed E-state index contributed by atoms with van der Waals surface area (Å²) in [5.74, 6) is 0. The van der Waals surface area contributed by atoms with Crippen molar-refractivity contribution in [3.8, 4) is 11.3 Å². The molecule has 5 heteroatoms. The molecule has 4 rings (SSSR count). The maximum Gasteiger partial charge on any atom is 0.0956 e. The van der Waals surface area contributed by atoms with Crippen LogP contribution in [0.3, 0.4) is 0 Å². The van der Waals surface area contributed by atoms with Crippen LogP contribution < -0.4 is 5.32 Å². The van der Waals surface area contributed by atoms with Crippen LogP contribution in [0, 0.1) is 0 Å². The first-order valence-corrected chi connectivity index (χ1v) is 8.22. The number of hydrogen-bond donors (Lipinski definition) is 2. The second-order valence-corrected chi connectivity index (χ2v) is 6.69. The summed E-state index contributed by atoms with van der Waals surface area (Å²) in [5.41, 5.74) is 5.04. The normalized spacial score (nSPS) is 14.3. The second kappa shape index (κ2) is 5.46. The first-order chi connectivity index (χ1) is 11.1. The van der Waals surface area contributed by atoms with E-state index in [0.717, 1.165) is 45.1 Å². The number of nitrogens with zero attached hydrogens (tertiary/aromatic N) is 2. The van der Waals surface area contributed by atoms with Gasteiger partial charge in [-0.2, -0.15) is 0 Å². The summed E-state index contributed by atoms with van der Waals surface area (Å²) in [5, 5.41) is 5.08. The molecule has 1 aliphatic carbocycles. The summed E-state index contributed by atoms with van der Waals surface area (Å²) in [6, 6.07) is 6.83. The molecule has 2 heterocycles.